The van der Waals surface area contributed by atoms with Gasteiger partial charge in [0.05, 0.1) is 0 Å². The maximum Gasteiger partial charge on any atom is 0.424 e. The van der Waals surface area contributed by atoms with Crippen molar-refractivity contribution in [3.8, 4) is 0 Å². The molecule has 0 saturated heterocycles. The molecule has 0 saturated carbocycles. The van der Waals surface area contributed by atoms with E-state index in [-0.39, 0.29) is 18.4 Å². The van der Waals surface area contributed by atoms with E-state index in [1.54, 1.807) is 6.92 Å². The molecule has 2 N–H and O–H groups in total. The smallest absolute Gasteiger partial charge is 0.374 e. The average Bonchev–Trinajstić information content (AvgIpc) is 2.82. The van der Waals surface area contributed by atoms with Gasteiger partial charge < -0.3 is 15.0 Å². The number of hydrogen-bond donors (Lipinski definition) is 2. The monoisotopic (exact) mass is 307 g/mol. The highest BCUT2D eigenvalue weighted by molar-refractivity contribution is 5.78. The van der Waals surface area contributed by atoms with Gasteiger partial charge >= 0.3 is 6.18 Å². The van der Waals surface area contributed by atoms with Crippen molar-refractivity contribution < 1.29 is 23.1 Å². The minimum absolute atomic E-state index is 0.280. The first-order valence-electron chi connectivity index (χ1n) is 6.68. The Morgan fingerprint density at radius 3 is 2.57 bits per heavy atom. The van der Waals surface area contributed by atoms with Crippen LogP contribution in [0.15, 0.2) is 12.4 Å². The summed E-state index contributed by atoms with van der Waals surface area (Å²) in [6.07, 6.45) is -2.47. The molecule has 0 aromatic carbocycles. The number of imidazole rings is 1. The van der Waals surface area contributed by atoms with Gasteiger partial charge in [0.2, 0.25) is 11.5 Å². The van der Waals surface area contributed by atoms with Crippen LogP contribution in [0.1, 0.15) is 32.5 Å². The third kappa shape index (κ3) is 3.75. The van der Waals surface area contributed by atoms with Crippen LogP contribution in [-0.4, -0.2) is 33.3 Å². The second kappa shape index (κ2) is 6.46. The molecule has 1 rings (SSSR count). The van der Waals surface area contributed by atoms with Crippen LogP contribution in [-0.2, 0) is 17.4 Å². The Kier molecular flexibility index (Phi) is 5.38. The fraction of sp³-hybridized carbons (Fsp3) is 0.692. The molecule has 8 heteroatoms. The van der Waals surface area contributed by atoms with Crippen molar-refractivity contribution in [2.75, 3.05) is 6.54 Å². The van der Waals surface area contributed by atoms with Crippen LogP contribution < -0.4 is 5.32 Å². The lowest BCUT2D eigenvalue weighted by atomic mass is 9.97. The van der Waals surface area contributed by atoms with Crippen LogP contribution >= 0.6 is 0 Å². The van der Waals surface area contributed by atoms with Crippen LogP contribution in [0.4, 0.5) is 13.2 Å². The first-order valence-corrected chi connectivity index (χ1v) is 6.68. The number of carbonyl (C=O) groups is 1. The molecule has 0 fully saturated rings. The van der Waals surface area contributed by atoms with E-state index < -0.39 is 24.0 Å². The van der Waals surface area contributed by atoms with Crippen molar-refractivity contribution in [3.63, 3.8) is 0 Å². The third-order valence-corrected chi connectivity index (χ3v) is 3.51. The van der Waals surface area contributed by atoms with E-state index in [0.717, 1.165) is 4.57 Å². The highest BCUT2D eigenvalue weighted by Crippen LogP contribution is 2.40. The first kappa shape index (κ1) is 17.5. The summed E-state index contributed by atoms with van der Waals surface area (Å²) in [6.45, 7) is 3.21. The molecule has 0 aliphatic heterocycles. The predicted octanol–water partition coefficient (Wildman–Crippen LogP) is 1.72. The summed E-state index contributed by atoms with van der Waals surface area (Å²) in [5.74, 6) is -1.10. The quantitative estimate of drug-likeness (QED) is 0.841. The van der Waals surface area contributed by atoms with Gasteiger partial charge in [0, 0.05) is 38.3 Å². The predicted molar refractivity (Wildman–Crippen MR) is 70.2 cm³/mol. The van der Waals surface area contributed by atoms with Crippen molar-refractivity contribution >= 4 is 5.91 Å². The molecule has 0 aliphatic carbocycles. The molecule has 2 atom stereocenters. The van der Waals surface area contributed by atoms with Crippen molar-refractivity contribution in [1.29, 1.82) is 0 Å². The minimum Gasteiger partial charge on any atom is -0.374 e. The molecular weight excluding hydrogens is 287 g/mol. The Balaban J connectivity index is 2.83. The van der Waals surface area contributed by atoms with Crippen LogP contribution in [0.2, 0.25) is 0 Å². The second-order valence-corrected chi connectivity index (χ2v) is 5.07. The number of amides is 1. The SMILES string of the molecule is CCC(C)C(=O)NCCC(O)(c1nccn1C)C(F)(F)F. The number of nitrogens with zero attached hydrogens (tertiary/aromatic N) is 2. The fourth-order valence-corrected chi connectivity index (χ4v) is 1.87. The Bertz CT molecular complexity index is 487. The summed E-state index contributed by atoms with van der Waals surface area (Å²) in [5, 5.41) is 12.4. The van der Waals surface area contributed by atoms with Gasteiger partial charge in [-0.25, -0.2) is 4.98 Å². The number of aromatic nitrogens is 2. The number of nitrogens with one attached hydrogen (secondary N) is 1. The minimum atomic E-state index is -4.88. The van der Waals surface area contributed by atoms with Crippen LogP contribution in [0.5, 0.6) is 0 Å². The number of rotatable bonds is 6. The Morgan fingerprint density at radius 1 is 1.52 bits per heavy atom. The van der Waals surface area contributed by atoms with Crippen LogP contribution in [0.3, 0.4) is 0 Å². The standard InChI is InChI=1S/C13H20F3N3O2/c1-4-9(2)10(20)17-6-5-12(21,13(14,15)16)11-18-7-8-19(11)3/h7-9,21H,4-6H2,1-3H3,(H,17,20). The van der Waals surface area contributed by atoms with E-state index in [2.05, 4.69) is 10.3 Å². The maximum atomic E-state index is 13.2. The highest BCUT2D eigenvalue weighted by atomic mass is 19.4. The van der Waals surface area contributed by atoms with E-state index in [0.29, 0.717) is 6.42 Å². The summed E-state index contributed by atoms with van der Waals surface area (Å²) < 4.78 is 40.7. The summed E-state index contributed by atoms with van der Waals surface area (Å²) in [5.41, 5.74) is -3.09. The fourth-order valence-electron chi connectivity index (χ4n) is 1.87. The summed E-state index contributed by atoms with van der Waals surface area (Å²) in [7, 11) is 1.37. The van der Waals surface area contributed by atoms with E-state index in [1.165, 1.54) is 19.4 Å². The molecule has 1 aromatic rings. The molecule has 0 bridgehead atoms. The Hall–Kier alpha value is -1.57. The second-order valence-electron chi connectivity index (χ2n) is 5.07. The molecule has 1 amide bonds. The lowest BCUT2D eigenvalue weighted by Gasteiger charge is -2.30. The van der Waals surface area contributed by atoms with Gasteiger partial charge in [-0.15, -0.1) is 0 Å². The molecule has 1 aromatic heterocycles. The zero-order chi connectivity index (χ0) is 16.3. The lowest BCUT2D eigenvalue weighted by molar-refractivity contribution is -0.272. The van der Waals surface area contributed by atoms with Crippen LogP contribution in [0, 0.1) is 5.92 Å². The number of aryl methyl sites for hydroxylation is 1. The summed E-state index contributed by atoms with van der Waals surface area (Å²) >= 11 is 0. The van der Waals surface area contributed by atoms with Gasteiger partial charge in [-0.3, -0.25) is 4.79 Å². The lowest BCUT2D eigenvalue weighted by Crippen LogP contribution is -2.47. The van der Waals surface area contributed by atoms with Gasteiger partial charge in [0.25, 0.3) is 0 Å². The third-order valence-electron chi connectivity index (χ3n) is 3.51. The Labute approximate surface area is 121 Å². The zero-order valence-corrected chi connectivity index (χ0v) is 12.2. The number of aliphatic hydroxyl groups is 1. The molecule has 0 aliphatic rings. The van der Waals surface area contributed by atoms with E-state index in [1.807, 2.05) is 6.92 Å². The molecule has 120 valence electrons. The molecular formula is C13H20F3N3O2. The van der Waals surface area contributed by atoms with Gasteiger partial charge in [-0.2, -0.15) is 13.2 Å². The number of carbonyl (C=O) groups excluding carboxylic acids is 1. The van der Waals surface area contributed by atoms with Gasteiger partial charge in [0.15, 0.2) is 0 Å². The first-order chi connectivity index (χ1) is 9.63. The largest absolute Gasteiger partial charge is 0.424 e. The van der Waals surface area contributed by atoms with Gasteiger partial charge in [-0.1, -0.05) is 13.8 Å². The highest BCUT2D eigenvalue weighted by Gasteiger charge is 2.57. The molecule has 21 heavy (non-hydrogen) atoms. The summed E-state index contributed by atoms with van der Waals surface area (Å²) in [6, 6.07) is 0. The molecule has 1 heterocycles. The molecule has 0 radical (unpaired) electrons. The topological polar surface area (TPSA) is 67.2 Å². The molecule has 0 spiro atoms. The zero-order valence-electron chi connectivity index (χ0n) is 12.2. The van der Waals surface area contributed by atoms with E-state index >= 15 is 0 Å². The van der Waals surface area contributed by atoms with Gasteiger partial charge in [0.1, 0.15) is 5.82 Å². The summed E-state index contributed by atoms with van der Waals surface area (Å²) in [4.78, 5) is 15.2. The molecule has 2 unspecified atom stereocenters. The number of halogens is 3. The van der Waals surface area contributed by atoms with E-state index in [9.17, 15) is 23.1 Å². The number of alkyl halides is 3. The normalized spacial score (nSPS) is 16.3. The van der Waals surface area contributed by atoms with Crippen LogP contribution in [0.25, 0.3) is 0 Å². The van der Waals surface area contributed by atoms with Crippen molar-refractivity contribution in [3.05, 3.63) is 18.2 Å². The van der Waals surface area contributed by atoms with Gasteiger partial charge in [-0.05, 0) is 6.42 Å². The number of hydrogen-bond acceptors (Lipinski definition) is 3. The van der Waals surface area contributed by atoms with E-state index in [4.69, 9.17) is 0 Å². The van der Waals surface area contributed by atoms with Crippen molar-refractivity contribution in [2.24, 2.45) is 13.0 Å². The Morgan fingerprint density at radius 2 is 2.14 bits per heavy atom. The molecule has 5 nitrogen and oxygen atoms in total. The average molecular weight is 307 g/mol. The van der Waals surface area contributed by atoms with Crippen molar-refractivity contribution in [1.82, 2.24) is 14.9 Å². The van der Waals surface area contributed by atoms with Crippen molar-refractivity contribution in [2.45, 2.75) is 38.5 Å². The maximum absolute atomic E-state index is 13.2.